The van der Waals surface area contributed by atoms with Gasteiger partial charge in [-0.3, -0.25) is 0 Å². The first kappa shape index (κ1) is 14.8. The number of aryl methyl sites for hydroxylation is 1. The number of carboxylic acid groups (broad SMARTS) is 1. The van der Waals surface area contributed by atoms with Crippen molar-refractivity contribution in [1.82, 2.24) is 4.98 Å². The van der Waals surface area contributed by atoms with Gasteiger partial charge in [0.15, 0.2) is 0 Å². The van der Waals surface area contributed by atoms with Crippen LogP contribution in [0, 0.1) is 12.3 Å². The fraction of sp³-hybridized carbons (Fsp3) is 0.600. The van der Waals surface area contributed by atoms with Crippen LogP contribution in [-0.4, -0.2) is 34.3 Å². The number of pyridine rings is 1. The first-order chi connectivity index (χ1) is 9.56. The van der Waals surface area contributed by atoms with Crippen molar-refractivity contribution in [2.24, 2.45) is 5.41 Å². The molecule has 1 aromatic heterocycles. The monoisotopic (exact) mass is 278 g/mol. The molecule has 0 spiro atoms. The molecule has 2 rings (SSSR count). The Balaban J connectivity index is 2.13. The SMILES string of the molecule is Cc1ccc(C(=O)O)c(NCC2(CO)CCCCC2)n1. The molecule has 110 valence electrons. The van der Waals surface area contributed by atoms with E-state index in [1.54, 1.807) is 12.1 Å². The number of carboxylic acids is 1. The molecule has 20 heavy (non-hydrogen) atoms. The van der Waals surface area contributed by atoms with E-state index in [0.29, 0.717) is 12.4 Å². The molecule has 1 aromatic rings. The van der Waals surface area contributed by atoms with Gasteiger partial charge in [-0.15, -0.1) is 0 Å². The number of aromatic nitrogens is 1. The van der Waals surface area contributed by atoms with E-state index >= 15 is 0 Å². The molecule has 0 bridgehead atoms. The lowest BCUT2D eigenvalue weighted by Gasteiger charge is -2.36. The third-order valence-electron chi connectivity index (χ3n) is 4.15. The van der Waals surface area contributed by atoms with E-state index in [2.05, 4.69) is 10.3 Å². The molecule has 0 unspecified atom stereocenters. The van der Waals surface area contributed by atoms with Crippen molar-refractivity contribution in [3.63, 3.8) is 0 Å². The van der Waals surface area contributed by atoms with Gasteiger partial charge in [-0.1, -0.05) is 19.3 Å². The van der Waals surface area contributed by atoms with Gasteiger partial charge >= 0.3 is 5.97 Å². The smallest absolute Gasteiger partial charge is 0.339 e. The van der Waals surface area contributed by atoms with Gasteiger partial charge in [-0.25, -0.2) is 9.78 Å². The maximum Gasteiger partial charge on any atom is 0.339 e. The van der Waals surface area contributed by atoms with Crippen LogP contribution in [-0.2, 0) is 0 Å². The van der Waals surface area contributed by atoms with Gasteiger partial charge in [0, 0.05) is 17.7 Å². The molecule has 5 nitrogen and oxygen atoms in total. The fourth-order valence-electron chi connectivity index (χ4n) is 2.83. The van der Waals surface area contributed by atoms with Crippen LogP contribution in [0.3, 0.4) is 0 Å². The van der Waals surface area contributed by atoms with E-state index in [1.807, 2.05) is 6.92 Å². The van der Waals surface area contributed by atoms with E-state index in [9.17, 15) is 15.0 Å². The Labute approximate surface area is 119 Å². The number of anilines is 1. The summed E-state index contributed by atoms with van der Waals surface area (Å²) < 4.78 is 0. The second-order valence-electron chi connectivity index (χ2n) is 5.73. The Hall–Kier alpha value is -1.62. The topological polar surface area (TPSA) is 82.5 Å². The van der Waals surface area contributed by atoms with Crippen LogP contribution in [0.5, 0.6) is 0 Å². The second kappa shape index (κ2) is 6.22. The molecule has 1 aliphatic rings. The Morgan fingerprint density at radius 1 is 1.35 bits per heavy atom. The number of rotatable bonds is 5. The average molecular weight is 278 g/mol. The first-order valence-electron chi connectivity index (χ1n) is 7.12. The Kier molecular flexibility index (Phi) is 4.60. The van der Waals surface area contributed by atoms with Crippen molar-refractivity contribution in [1.29, 1.82) is 0 Å². The number of hydrogen-bond donors (Lipinski definition) is 3. The van der Waals surface area contributed by atoms with Gasteiger partial charge in [0.05, 0.1) is 6.61 Å². The number of aromatic carboxylic acids is 1. The molecule has 1 aliphatic carbocycles. The van der Waals surface area contributed by atoms with Crippen LogP contribution in [0.1, 0.15) is 48.2 Å². The molecule has 0 aromatic carbocycles. The van der Waals surface area contributed by atoms with Crippen molar-refractivity contribution in [3.8, 4) is 0 Å². The number of nitrogens with one attached hydrogen (secondary N) is 1. The van der Waals surface area contributed by atoms with Gasteiger partial charge < -0.3 is 15.5 Å². The van der Waals surface area contributed by atoms with Crippen molar-refractivity contribution in [2.45, 2.75) is 39.0 Å². The van der Waals surface area contributed by atoms with E-state index in [4.69, 9.17) is 0 Å². The van der Waals surface area contributed by atoms with Crippen LogP contribution in [0.4, 0.5) is 5.82 Å². The summed E-state index contributed by atoms with van der Waals surface area (Å²) in [6.07, 6.45) is 5.41. The molecule has 1 fully saturated rings. The minimum absolute atomic E-state index is 0.133. The van der Waals surface area contributed by atoms with Gasteiger partial charge in [0.1, 0.15) is 11.4 Å². The summed E-state index contributed by atoms with van der Waals surface area (Å²) in [6.45, 7) is 2.54. The first-order valence-corrected chi connectivity index (χ1v) is 7.12. The molecule has 0 amide bonds. The summed E-state index contributed by atoms with van der Waals surface area (Å²) in [5.74, 6) is -0.586. The Morgan fingerprint density at radius 3 is 2.65 bits per heavy atom. The van der Waals surface area contributed by atoms with Crippen molar-refractivity contribution < 1.29 is 15.0 Å². The fourth-order valence-corrected chi connectivity index (χ4v) is 2.83. The maximum absolute atomic E-state index is 11.2. The number of hydrogen-bond acceptors (Lipinski definition) is 4. The Morgan fingerprint density at radius 2 is 2.05 bits per heavy atom. The zero-order valence-electron chi connectivity index (χ0n) is 11.9. The molecule has 0 radical (unpaired) electrons. The maximum atomic E-state index is 11.2. The van der Waals surface area contributed by atoms with Crippen LogP contribution in [0.25, 0.3) is 0 Å². The zero-order chi connectivity index (χ0) is 14.6. The summed E-state index contributed by atoms with van der Waals surface area (Å²) in [7, 11) is 0. The molecule has 0 atom stereocenters. The largest absolute Gasteiger partial charge is 0.478 e. The summed E-state index contributed by atoms with van der Waals surface area (Å²) in [6, 6.07) is 3.26. The molecule has 3 N–H and O–H groups in total. The average Bonchev–Trinajstić information content (AvgIpc) is 2.46. The highest BCUT2D eigenvalue weighted by Crippen LogP contribution is 2.36. The molecule has 1 heterocycles. The van der Waals surface area contributed by atoms with Crippen LogP contribution >= 0.6 is 0 Å². The van der Waals surface area contributed by atoms with Crippen LogP contribution in [0.2, 0.25) is 0 Å². The molecular weight excluding hydrogens is 256 g/mol. The highest BCUT2D eigenvalue weighted by Gasteiger charge is 2.31. The molecule has 1 saturated carbocycles. The Bertz CT molecular complexity index is 482. The number of aliphatic hydroxyl groups excluding tert-OH is 1. The summed E-state index contributed by atoms with van der Waals surface area (Å²) in [4.78, 5) is 15.5. The predicted octanol–water partition coefficient (Wildman–Crippen LogP) is 2.44. The highest BCUT2D eigenvalue weighted by molar-refractivity contribution is 5.93. The van der Waals surface area contributed by atoms with Crippen molar-refractivity contribution in [2.75, 3.05) is 18.5 Å². The van der Waals surface area contributed by atoms with E-state index in [-0.39, 0.29) is 17.6 Å². The number of nitrogens with zero attached hydrogens (tertiary/aromatic N) is 1. The number of aliphatic hydroxyl groups is 1. The molecule has 0 saturated heterocycles. The van der Waals surface area contributed by atoms with Crippen LogP contribution in [0.15, 0.2) is 12.1 Å². The summed E-state index contributed by atoms with van der Waals surface area (Å²) >= 11 is 0. The van der Waals surface area contributed by atoms with E-state index < -0.39 is 5.97 Å². The molecule has 0 aliphatic heterocycles. The van der Waals surface area contributed by atoms with Crippen molar-refractivity contribution >= 4 is 11.8 Å². The van der Waals surface area contributed by atoms with Crippen molar-refractivity contribution in [3.05, 3.63) is 23.4 Å². The third-order valence-corrected chi connectivity index (χ3v) is 4.15. The molecule has 5 heteroatoms. The highest BCUT2D eigenvalue weighted by atomic mass is 16.4. The quantitative estimate of drug-likeness (QED) is 0.770. The second-order valence-corrected chi connectivity index (χ2v) is 5.73. The predicted molar refractivity (Wildman–Crippen MR) is 77.0 cm³/mol. The van der Waals surface area contributed by atoms with Crippen LogP contribution < -0.4 is 5.32 Å². The lowest BCUT2D eigenvalue weighted by molar-refractivity contribution is 0.0697. The van der Waals surface area contributed by atoms with E-state index in [1.165, 1.54) is 6.42 Å². The zero-order valence-corrected chi connectivity index (χ0v) is 11.9. The summed E-state index contributed by atoms with van der Waals surface area (Å²) in [5, 5.41) is 22.0. The molecular formula is C15H22N2O3. The van der Waals surface area contributed by atoms with Gasteiger partial charge in [-0.2, -0.15) is 0 Å². The van der Waals surface area contributed by atoms with E-state index in [0.717, 1.165) is 31.4 Å². The minimum atomic E-state index is -0.985. The normalized spacial score (nSPS) is 17.7. The standard InChI is InChI=1S/C15H22N2O3/c1-11-5-6-12(14(19)20)13(17-11)16-9-15(10-18)7-3-2-4-8-15/h5-6,18H,2-4,7-10H2,1H3,(H,16,17)(H,19,20). The minimum Gasteiger partial charge on any atom is -0.478 e. The lowest BCUT2D eigenvalue weighted by Crippen LogP contribution is -2.36. The van der Waals surface area contributed by atoms with Gasteiger partial charge in [0.2, 0.25) is 0 Å². The van der Waals surface area contributed by atoms with Gasteiger partial charge in [-0.05, 0) is 31.9 Å². The lowest BCUT2D eigenvalue weighted by atomic mass is 9.74. The summed E-state index contributed by atoms with van der Waals surface area (Å²) in [5.41, 5.74) is 0.818. The third kappa shape index (κ3) is 3.28. The number of carbonyl (C=O) groups is 1. The van der Waals surface area contributed by atoms with Gasteiger partial charge in [0.25, 0.3) is 0 Å².